The van der Waals surface area contributed by atoms with Gasteiger partial charge < -0.3 is 41.5 Å². The Morgan fingerprint density at radius 2 is 1.63 bits per heavy atom. The minimum Gasteiger partial charge on any atom is -0.508 e. The van der Waals surface area contributed by atoms with E-state index in [9.17, 15) is 44.7 Å². The van der Waals surface area contributed by atoms with Gasteiger partial charge >= 0.3 is 0 Å². The summed E-state index contributed by atoms with van der Waals surface area (Å²) in [4.78, 5) is 55.2. The fraction of sp³-hybridized carbons (Fsp3) is 0.375. The summed E-state index contributed by atoms with van der Waals surface area (Å²) in [5, 5.41) is 60.1. The molecule has 46 heavy (non-hydrogen) atoms. The molecule has 5 unspecified atom stereocenters. The Hall–Kier alpha value is -4.24. The van der Waals surface area contributed by atoms with Gasteiger partial charge in [0.15, 0.2) is 11.4 Å². The van der Waals surface area contributed by atoms with Crippen LogP contribution < -0.4 is 16.0 Å². The summed E-state index contributed by atoms with van der Waals surface area (Å²) in [5.41, 5.74) is 2.38. The molecule has 0 aromatic heterocycles. The Balaban J connectivity index is 1.59. The number of amides is 2. The topological polar surface area (TPSA) is 214 Å². The van der Waals surface area contributed by atoms with Gasteiger partial charge in [-0.2, -0.15) is 0 Å². The molecule has 0 saturated heterocycles. The number of aliphatic hydroxyl groups is 4. The zero-order valence-corrected chi connectivity index (χ0v) is 27.2. The number of fused-ring (bicyclic) bond motifs is 3. The lowest BCUT2D eigenvalue weighted by Crippen LogP contribution is -2.70. The first-order valence-electron chi connectivity index (χ1n) is 14.4. The second-order valence-electron chi connectivity index (χ2n) is 12.3. The van der Waals surface area contributed by atoms with Crippen molar-refractivity contribution >= 4 is 56.4 Å². The van der Waals surface area contributed by atoms with Crippen LogP contribution in [0.5, 0.6) is 5.75 Å². The molecule has 2 aromatic rings. The molecule has 3 aliphatic rings. The molecule has 14 heteroatoms. The van der Waals surface area contributed by atoms with Gasteiger partial charge in [0.05, 0.1) is 29.3 Å². The van der Waals surface area contributed by atoms with Crippen LogP contribution in [0.2, 0.25) is 0 Å². The van der Waals surface area contributed by atoms with Crippen molar-refractivity contribution in [2.24, 2.45) is 17.6 Å². The number of aliphatic hydroxyl groups excluding tert-OH is 3. The quantitative estimate of drug-likeness (QED) is 0.131. The van der Waals surface area contributed by atoms with Crippen molar-refractivity contribution in [1.82, 2.24) is 4.90 Å². The van der Waals surface area contributed by atoms with Crippen molar-refractivity contribution in [2.45, 2.75) is 35.4 Å². The number of nitrogens with zero attached hydrogens (tertiary/aromatic N) is 2. The van der Waals surface area contributed by atoms with E-state index < -0.39 is 92.1 Å². The second kappa shape index (κ2) is 11.5. The predicted molar refractivity (Wildman–Crippen MR) is 171 cm³/mol. The van der Waals surface area contributed by atoms with Crippen LogP contribution in [0.1, 0.15) is 34.4 Å². The van der Waals surface area contributed by atoms with Gasteiger partial charge in [0.2, 0.25) is 11.7 Å². The first-order chi connectivity index (χ1) is 21.5. The summed E-state index contributed by atoms with van der Waals surface area (Å²) in [6, 6.07) is 8.71. The lowest BCUT2D eigenvalue weighted by molar-refractivity contribution is -0.169. The maximum Gasteiger partial charge on any atom is 0.255 e. The molecule has 0 aliphatic heterocycles. The maximum absolute atomic E-state index is 14.2. The van der Waals surface area contributed by atoms with Gasteiger partial charge in [-0.1, -0.05) is 41.1 Å². The third-order valence-corrected chi connectivity index (χ3v) is 10.3. The van der Waals surface area contributed by atoms with Crippen molar-refractivity contribution < 1.29 is 44.7 Å². The van der Waals surface area contributed by atoms with E-state index in [1.807, 2.05) is 31.1 Å². The van der Waals surface area contributed by atoms with Gasteiger partial charge in [-0.05, 0) is 49.3 Å². The molecule has 0 radical (unpaired) electrons. The number of halogens is 1. The van der Waals surface area contributed by atoms with Crippen molar-refractivity contribution in [3.05, 3.63) is 70.0 Å². The van der Waals surface area contributed by atoms with Crippen LogP contribution in [0.25, 0.3) is 5.76 Å². The Morgan fingerprint density at radius 1 is 1.02 bits per heavy atom. The highest BCUT2D eigenvalue weighted by atomic mass is 79.9. The lowest BCUT2D eigenvalue weighted by Gasteiger charge is -2.53. The summed E-state index contributed by atoms with van der Waals surface area (Å²) in [7, 11) is 6.64. The molecule has 3 aliphatic carbocycles. The Morgan fingerprint density at radius 3 is 2.17 bits per heavy atom. The van der Waals surface area contributed by atoms with E-state index in [1.165, 1.54) is 31.1 Å². The number of primary amides is 1. The van der Waals surface area contributed by atoms with Crippen molar-refractivity contribution in [2.75, 3.05) is 38.4 Å². The molecule has 244 valence electrons. The van der Waals surface area contributed by atoms with Gasteiger partial charge in [-0.25, -0.2) is 0 Å². The average Bonchev–Trinajstić information content (AvgIpc) is 2.99. The van der Waals surface area contributed by atoms with Crippen LogP contribution >= 0.6 is 15.9 Å². The van der Waals surface area contributed by atoms with Crippen LogP contribution in [0.15, 0.2) is 53.3 Å². The van der Waals surface area contributed by atoms with Crippen molar-refractivity contribution in [3.63, 3.8) is 0 Å². The van der Waals surface area contributed by atoms with E-state index in [2.05, 4.69) is 21.2 Å². The third-order valence-electron chi connectivity index (χ3n) is 9.32. The second-order valence-corrected chi connectivity index (χ2v) is 13.2. The number of aromatic hydroxyl groups is 1. The van der Waals surface area contributed by atoms with E-state index in [4.69, 9.17) is 5.73 Å². The van der Waals surface area contributed by atoms with Crippen molar-refractivity contribution in [3.8, 4) is 5.75 Å². The molecule has 1 saturated carbocycles. The number of benzene rings is 2. The number of carbonyl (C=O) groups is 4. The van der Waals surface area contributed by atoms with Crippen LogP contribution in [0, 0.1) is 11.8 Å². The summed E-state index contributed by atoms with van der Waals surface area (Å²) >= 11 is 3.37. The Kier molecular flexibility index (Phi) is 8.30. The van der Waals surface area contributed by atoms with Gasteiger partial charge in [0.25, 0.3) is 5.91 Å². The zero-order valence-electron chi connectivity index (χ0n) is 25.6. The van der Waals surface area contributed by atoms with E-state index in [1.54, 1.807) is 19.1 Å². The smallest absolute Gasteiger partial charge is 0.255 e. The number of anilines is 2. The normalized spacial score (nSPS) is 28.0. The molecule has 13 nitrogen and oxygen atoms in total. The highest BCUT2D eigenvalue weighted by Crippen LogP contribution is 2.56. The van der Waals surface area contributed by atoms with E-state index in [0.29, 0.717) is 11.1 Å². The number of carbonyl (C=O) groups excluding carboxylic acids is 4. The number of phenolic OH excluding ortho intramolecular Hbond substituents is 1. The minimum atomic E-state index is -3.02. The molecule has 2 amide bonds. The van der Waals surface area contributed by atoms with Gasteiger partial charge in [-0.15, -0.1) is 0 Å². The lowest BCUT2D eigenvalue weighted by atomic mass is 9.54. The van der Waals surface area contributed by atoms with Crippen LogP contribution in [0.4, 0.5) is 11.4 Å². The molecule has 7 atom stereocenters. The average molecular weight is 700 g/mol. The molecule has 0 bridgehead atoms. The summed E-state index contributed by atoms with van der Waals surface area (Å²) in [5.74, 6) is -10.5. The van der Waals surface area contributed by atoms with E-state index in [0.717, 1.165) is 5.69 Å². The fourth-order valence-corrected chi connectivity index (χ4v) is 7.43. The first kappa shape index (κ1) is 33.1. The molecule has 8 N–H and O–H groups in total. The van der Waals surface area contributed by atoms with Crippen molar-refractivity contribution in [1.29, 1.82) is 0 Å². The minimum absolute atomic E-state index is 0.0917. The molecule has 0 spiro atoms. The Labute approximate surface area is 272 Å². The maximum atomic E-state index is 14.2. The molecule has 1 fully saturated rings. The molecular weight excluding hydrogens is 664 g/mol. The van der Waals surface area contributed by atoms with E-state index in [-0.39, 0.29) is 11.3 Å². The number of hydrogen-bond acceptors (Lipinski definition) is 11. The standard InChI is InChI=1S/C32H35BrN4O9/c1-12-15-10-11-16(35-31(45)22(33)13-6-8-14(9-7-13)36(2)3)24(38)18(15)25(39)19-17(12)26(40)21-23(37(4)5)27(41)20(30(34)44)29(43)32(21,46)28(19)42/h6-12,17,21-23,26,38-40,43,46H,1-5H3,(H2,34,44)(H,35,45)/t12?,17?,21?,22?,23-,26?,32-/m0/s1. The number of hydrogen-bond donors (Lipinski definition) is 7. The first-order valence-corrected chi connectivity index (χ1v) is 15.3. The number of Topliss-reactive ketones (excluding diaryl/α,β-unsaturated/α-hetero) is 2. The molecule has 2 aromatic carbocycles. The SMILES string of the molecule is CC1c2ccc(NC(=O)C(Br)c3ccc(N(C)C)cc3)c(O)c2C(O)=C2C(=O)[C@]3(O)C(O)=C(C(N)=O)C(=O)[C@@H](N(C)C)C3C(O)C21. The number of ketones is 2. The number of phenols is 1. The number of likely N-dealkylation sites (N-methyl/N-ethyl adjacent to an activating group) is 1. The van der Waals surface area contributed by atoms with Crippen LogP contribution in [0.3, 0.4) is 0 Å². The molecule has 5 rings (SSSR count). The summed E-state index contributed by atoms with van der Waals surface area (Å²) in [6.45, 7) is 1.63. The Bertz CT molecular complexity index is 1740. The molecule has 0 heterocycles. The van der Waals surface area contributed by atoms with E-state index >= 15 is 0 Å². The number of rotatable bonds is 6. The van der Waals surface area contributed by atoms with Gasteiger partial charge in [0, 0.05) is 31.3 Å². The molecular formula is C32H35BrN4O9. The summed E-state index contributed by atoms with van der Waals surface area (Å²) < 4.78 is 0. The fourth-order valence-electron chi connectivity index (χ4n) is 7.01. The predicted octanol–water partition coefficient (Wildman–Crippen LogP) is 1.64. The number of alkyl halides is 1. The van der Waals surface area contributed by atoms with Crippen LogP contribution in [-0.2, 0) is 19.2 Å². The summed E-state index contributed by atoms with van der Waals surface area (Å²) in [6.07, 6.45) is -1.70. The largest absolute Gasteiger partial charge is 0.508 e. The number of nitrogens with one attached hydrogen (secondary N) is 1. The van der Waals surface area contributed by atoms with Crippen LogP contribution in [-0.4, -0.2) is 99.8 Å². The van der Waals surface area contributed by atoms with Gasteiger partial charge in [0.1, 0.15) is 27.7 Å². The highest BCUT2D eigenvalue weighted by molar-refractivity contribution is 9.09. The zero-order chi connectivity index (χ0) is 34.2. The third kappa shape index (κ3) is 4.70. The van der Waals surface area contributed by atoms with Gasteiger partial charge in [-0.3, -0.25) is 24.1 Å². The number of nitrogens with two attached hydrogens (primary N) is 1. The monoisotopic (exact) mass is 698 g/mol. The highest BCUT2D eigenvalue weighted by Gasteiger charge is 2.68.